The van der Waals surface area contributed by atoms with Crippen molar-refractivity contribution < 1.29 is 9.47 Å². The van der Waals surface area contributed by atoms with Gasteiger partial charge in [0.15, 0.2) is 11.5 Å². The van der Waals surface area contributed by atoms with Gasteiger partial charge in [0.05, 0.1) is 31.1 Å². The van der Waals surface area contributed by atoms with Crippen molar-refractivity contribution in [2.75, 3.05) is 19.5 Å². The van der Waals surface area contributed by atoms with Crippen LogP contribution in [0.5, 0.6) is 11.5 Å². The molecule has 0 spiro atoms. The number of nitrogens with zero attached hydrogens (tertiary/aromatic N) is 4. The van der Waals surface area contributed by atoms with E-state index in [1.54, 1.807) is 14.2 Å². The van der Waals surface area contributed by atoms with Crippen LogP contribution in [0.2, 0.25) is 0 Å². The molecule has 0 unspecified atom stereocenters. The number of benzene rings is 2. The number of fused-ring (bicyclic) bond motifs is 1. The maximum Gasteiger partial charge on any atom is 0.230 e. The molecule has 0 radical (unpaired) electrons. The van der Waals surface area contributed by atoms with Gasteiger partial charge >= 0.3 is 0 Å². The van der Waals surface area contributed by atoms with Gasteiger partial charge in [-0.25, -0.2) is 19.9 Å². The highest BCUT2D eigenvalue weighted by Gasteiger charge is 2.12. The normalized spacial score (nSPS) is 10.8. The molecule has 4 aromatic rings. The lowest BCUT2D eigenvalue weighted by Crippen LogP contribution is -2.05. The molecule has 0 saturated heterocycles. The molecule has 0 aliphatic heterocycles. The molecular weight excluding hydrogens is 366 g/mol. The fourth-order valence-electron chi connectivity index (χ4n) is 3.15. The van der Waals surface area contributed by atoms with Crippen molar-refractivity contribution in [1.29, 1.82) is 0 Å². The number of aryl methyl sites for hydroxylation is 2. The molecule has 2 aromatic heterocycles. The average Bonchev–Trinajstić information content (AvgIpc) is 2.73. The van der Waals surface area contributed by atoms with Gasteiger partial charge in [-0.15, -0.1) is 0 Å². The van der Waals surface area contributed by atoms with E-state index in [9.17, 15) is 0 Å². The molecule has 0 amide bonds. The zero-order valence-corrected chi connectivity index (χ0v) is 16.7. The van der Waals surface area contributed by atoms with E-state index < -0.39 is 0 Å². The van der Waals surface area contributed by atoms with Crippen molar-refractivity contribution in [1.82, 2.24) is 19.9 Å². The van der Waals surface area contributed by atoms with E-state index in [1.165, 1.54) is 0 Å². The number of hydrogen-bond donors (Lipinski definition) is 1. The summed E-state index contributed by atoms with van der Waals surface area (Å²) in [7, 11) is 3.21. The van der Waals surface area contributed by atoms with Crippen LogP contribution in [-0.2, 0) is 0 Å². The number of rotatable bonds is 5. The third kappa shape index (κ3) is 3.80. The van der Waals surface area contributed by atoms with Crippen molar-refractivity contribution in [3.05, 3.63) is 59.9 Å². The summed E-state index contributed by atoms with van der Waals surface area (Å²) in [5.41, 5.74) is 4.27. The van der Waals surface area contributed by atoms with Crippen molar-refractivity contribution in [3.63, 3.8) is 0 Å². The minimum atomic E-state index is 0.423. The van der Waals surface area contributed by atoms with Gasteiger partial charge in [0.25, 0.3) is 0 Å². The zero-order chi connectivity index (χ0) is 20.4. The predicted molar refractivity (Wildman–Crippen MR) is 113 cm³/mol. The van der Waals surface area contributed by atoms with E-state index in [1.807, 2.05) is 62.4 Å². The van der Waals surface area contributed by atoms with Crippen LogP contribution in [0.4, 0.5) is 11.9 Å². The van der Waals surface area contributed by atoms with E-state index in [0.29, 0.717) is 23.4 Å². The van der Waals surface area contributed by atoms with Crippen LogP contribution < -0.4 is 14.8 Å². The first-order valence-corrected chi connectivity index (χ1v) is 9.16. The molecule has 0 bridgehead atoms. The lowest BCUT2D eigenvalue weighted by atomic mass is 10.1. The fraction of sp³-hybridized carbons (Fsp3) is 0.182. The topological polar surface area (TPSA) is 82.0 Å². The number of hydrogen-bond acceptors (Lipinski definition) is 7. The molecule has 0 saturated carbocycles. The SMILES string of the molecule is COc1cc2nc(Nc3nc(C)cc(-c4ccccc4)n3)nc(C)c2cc1OC. The smallest absolute Gasteiger partial charge is 0.230 e. The number of anilines is 2. The summed E-state index contributed by atoms with van der Waals surface area (Å²) < 4.78 is 10.8. The Balaban J connectivity index is 1.74. The molecule has 29 heavy (non-hydrogen) atoms. The summed E-state index contributed by atoms with van der Waals surface area (Å²) in [6.07, 6.45) is 0. The second kappa shape index (κ2) is 7.71. The Morgan fingerprint density at radius 3 is 2.17 bits per heavy atom. The average molecular weight is 387 g/mol. The minimum absolute atomic E-state index is 0.423. The van der Waals surface area contributed by atoms with Gasteiger partial charge in [-0.1, -0.05) is 30.3 Å². The Bertz CT molecular complexity index is 1180. The van der Waals surface area contributed by atoms with Gasteiger partial charge in [-0.05, 0) is 26.0 Å². The Labute approximate surface area is 168 Å². The molecule has 4 rings (SSSR count). The van der Waals surface area contributed by atoms with Crippen LogP contribution in [-0.4, -0.2) is 34.2 Å². The highest BCUT2D eigenvalue weighted by atomic mass is 16.5. The van der Waals surface area contributed by atoms with Gasteiger partial charge in [0.2, 0.25) is 11.9 Å². The van der Waals surface area contributed by atoms with E-state index in [0.717, 1.165) is 33.5 Å². The van der Waals surface area contributed by atoms with Crippen LogP contribution in [0, 0.1) is 13.8 Å². The van der Waals surface area contributed by atoms with Gasteiger partial charge in [0.1, 0.15) is 0 Å². The van der Waals surface area contributed by atoms with Gasteiger partial charge in [-0.2, -0.15) is 0 Å². The van der Waals surface area contributed by atoms with E-state index in [2.05, 4.69) is 25.3 Å². The Kier molecular flexibility index (Phi) is 4.95. The maximum atomic E-state index is 5.39. The molecule has 0 atom stereocenters. The summed E-state index contributed by atoms with van der Waals surface area (Å²) >= 11 is 0. The number of nitrogens with one attached hydrogen (secondary N) is 1. The first-order chi connectivity index (χ1) is 14.1. The molecule has 0 aliphatic carbocycles. The summed E-state index contributed by atoms with van der Waals surface area (Å²) in [5, 5.41) is 4.03. The molecule has 0 fully saturated rings. The number of methoxy groups -OCH3 is 2. The lowest BCUT2D eigenvalue weighted by molar-refractivity contribution is 0.355. The molecule has 0 aliphatic rings. The first kappa shape index (κ1) is 18.6. The van der Waals surface area contributed by atoms with Crippen LogP contribution in [0.15, 0.2) is 48.5 Å². The monoisotopic (exact) mass is 387 g/mol. The summed E-state index contributed by atoms with van der Waals surface area (Å²) in [6.45, 7) is 3.86. The Morgan fingerprint density at radius 2 is 1.45 bits per heavy atom. The standard InChI is InChI=1S/C22H21N5O2/c1-13-10-17(15-8-6-5-7-9-15)25-21(23-13)27-22-24-14(2)16-11-19(28-3)20(29-4)12-18(16)26-22/h5-12H,1-4H3,(H,23,24,25,26,27). The zero-order valence-electron chi connectivity index (χ0n) is 16.7. The van der Waals surface area contributed by atoms with Crippen LogP contribution in [0.25, 0.3) is 22.2 Å². The van der Waals surface area contributed by atoms with Crippen LogP contribution >= 0.6 is 0 Å². The van der Waals surface area contributed by atoms with Crippen molar-refractivity contribution in [2.24, 2.45) is 0 Å². The second-order valence-electron chi connectivity index (χ2n) is 6.57. The van der Waals surface area contributed by atoms with Gasteiger partial charge < -0.3 is 9.47 Å². The third-order valence-corrected chi connectivity index (χ3v) is 4.54. The number of ether oxygens (including phenoxy) is 2. The van der Waals surface area contributed by atoms with Crippen molar-refractivity contribution in [3.8, 4) is 22.8 Å². The summed E-state index contributed by atoms with van der Waals surface area (Å²) in [5.74, 6) is 2.12. The highest BCUT2D eigenvalue weighted by molar-refractivity contribution is 5.85. The molecule has 1 N–H and O–H groups in total. The molecule has 7 nitrogen and oxygen atoms in total. The molecule has 2 aromatic carbocycles. The van der Waals surface area contributed by atoms with Gasteiger partial charge in [-0.3, -0.25) is 5.32 Å². The van der Waals surface area contributed by atoms with Crippen LogP contribution in [0.3, 0.4) is 0 Å². The Morgan fingerprint density at radius 1 is 0.759 bits per heavy atom. The molecular formula is C22H21N5O2. The highest BCUT2D eigenvalue weighted by Crippen LogP contribution is 2.33. The first-order valence-electron chi connectivity index (χ1n) is 9.16. The van der Waals surface area contributed by atoms with E-state index in [-0.39, 0.29) is 0 Å². The largest absolute Gasteiger partial charge is 0.493 e. The number of aromatic nitrogens is 4. The summed E-state index contributed by atoms with van der Waals surface area (Å²) in [6, 6.07) is 15.6. The Hall–Kier alpha value is -3.74. The fourth-order valence-corrected chi connectivity index (χ4v) is 3.15. The molecule has 7 heteroatoms. The maximum absolute atomic E-state index is 5.39. The summed E-state index contributed by atoms with van der Waals surface area (Å²) in [4.78, 5) is 18.3. The van der Waals surface area contributed by atoms with Crippen molar-refractivity contribution in [2.45, 2.75) is 13.8 Å². The second-order valence-corrected chi connectivity index (χ2v) is 6.57. The minimum Gasteiger partial charge on any atom is -0.493 e. The van der Waals surface area contributed by atoms with Gasteiger partial charge in [0, 0.05) is 22.7 Å². The van der Waals surface area contributed by atoms with E-state index in [4.69, 9.17) is 9.47 Å². The van der Waals surface area contributed by atoms with E-state index >= 15 is 0 Å². The van der Waals surface area contributed by atoms with Crippen LogP contribution in [0.1, 0.15) is 11.4 Å². The lowest BCUT2D eigenvalue weighted by Gasteiger charge is -2.12. The quantitative estimate of drug-likeness (QED) is 0.541. The third-order valence-electron chi connectivity index (χ3n) is 4.54. The predicted octanol–water partition coefficient (Wildman–Crippen LogP) is 4.46. The molecule has 2 heterocycles. The molecule has 146 valence electrons. The van der Waals surface area contributed by atoms with Crippen molar-refractivity contribution >= 4 is 22.8 Å².